The minimum absolute atomic E-state index is 0.0348. The Balaban J connectivity index is 1.71. The molecule has 1 N–H and O–H groups in total. The van der Waals surface area contributed by atoms with E-state index in [-0.39, 0.29) is 21.8 Å². The Labute approximate surface area is 229 Å². The molecule has 4 rings (SSSR count). The van der Waals surface area contributed by atoms with Crippen molar-refractivity contribution in [3.8, 4) is 5.75 Å². The zero-order valence-corrected chi connectivity index (χ0v) is 23.3. The van der Waals surface area contributed by atoms with Crippen molar-refractivity contribution in [3.63, 3.8) is 0 Å². The summed E-state index contributed by atoms with van der Waals surface area (Å²) in [4.78, 5) is 30.3. The first kappa shape index (κ1) is 28.8. The third-order valence-corrected chi connectivity index (χ3v) is 8.71. The molecule has 0 unspecified atom stereocenters. The minimum Gasteiger partial charge on any atom is -0.507 e. The summed E-state index contributed by atoms with van der Waals surface area (Å²) in [6.45, 7) is 6.13. The molecule has 2 aliphatic rings. The minimum atomic E-state index is -3.67. The summed E-state index contributed by atoms with van der Waals surface area (Å²) >= 11 is 0. The van der Waals surface area contributed by atoms with Gasteiger partial charge in [-0.3, -0.25) is 14.5 Å². The largest absolute Gasteiger partial charge is 0.507 e. The van der Waals surface area contributed by atoms with Gasteiger partial charge in [-0.1, -0.05) is 19.1 Å². The molecule has 210 valence electrons. The first-order valence-electron chi connectivity index (χ1n) is 13.0. The highest BCUT2D eigenvalue weighted by Crippen LogP contribution is 2.40. The lowest BCUT2D eigenvalue weighted by atomic mass is 9.95. The van der Waals surface area contributed by atoms with Crippen LogP contribution in [0.2, 0.25) is 0 Å². The van der Waals surface area contributed by atoms with Gasteiger partial charge >= 0.3 is 0 Å². The Hall–Kier alpha value is -3.25. The number of benzene rings is 2. The van der Waals surface area contributed by atoms with Crippen molar-refractivity contribution in [1.82, 2.24) is 14.1 Å². The van der Waals surface area contributed by atoms with Gasteiger partial charge in [0.15, 0.2) is 0 Å². The molecule has 39 heavy (non-hydrogen) atoms. The number of carbonyl (C=O) groups is 2. The van der Waals surface area contributed by atoms with Gasteiger partial charge in [-0.15, -0.1) is 0 Å². The maximum Gasteiger partial charge on any atom is 0.295 e. The second-order valence-corrected chi connectivity index (χ2v) is 11.8. The van der Waals surface area contributed by atoms with Gasteiger partial charge in [-0.05, 0) is 48.4 Å². The third kappa shape index (κ3) is 6.17. The van der Waals surface area contributed by atoms with E-state index in [1.165, 1.54) is 43.3 Å². The summed E-state index contributed by atoms with van der Waals surface area (Å²) < 4.78 is 37.1. The first-order chi connectivity index (χ1) is 18.6. The summed E-state index contributed by atoms with van der Waals surface area (Å²) in [7, 11) is -0.807. The second-order valence-electron chi connectivity index (χ2n) is 9.68. The van der Waals surface area contributed by atoms with E-state index < -0.39 is 27.8 Å². The number of sulfonamides is 1. The molecule has 0 spiro atoms. The Morgan fingerprint density at radius 2 is 1.67 bits per heavy atom. The number of aliphatic hydroxyl groups is 1. The Kier molecular flexibility index (Phi) is 9.06. The lowest BCUT2D eigenvalue weighted by Gasteiger charge is -2.31. The molecule has 1 atom stereocenters. The quantitative estimate of drug-likeness (QED) is 0.269. The number of morpholine rings is 1. The summed E-state index contributed by atoms with van der Waals surface area (Å²) in [6.07, 6.45) is 0.859. The van der Waals surface area contributed by atoms with Crippen molar-refractivity contribution in [2.75, 3.05) is 60.1 Å². The van der Waals surface area contributed by atoms with Crippen LogP contribution in [-0.4, -0.2) is 99.4 Å². The van der Waals surface area contributed by atoms with Crippen LogP contribution in [-0.2, 0) is 24.3 Å². The number of hydrogen-bond donors (Lipinski definition) is 1. The normalized spacial score (nSPS) is 20.1. The number of nitrogens with zero attached hydrogens (tertiary/aromatic N) is 3. The molecule has 0 saturated carbocycles. The van der Waals surface area contributed by atoms with Crippen LogP contribution < -0.4 is 4.74 Å². The molecule has 2 fully saturated rings. The number of ether oxygens (including phenoxy) is 2. The van der Waals surface area contributed by atoms with E-state index in [9.17, 15) is 23.1 Å². The summed E-state index contributed by atoms with van der Waals surface area (Å²) in [5.41, 5.74) is 0.868. The molecule has 0 radical (unpaired) electrons. The standard InChI is InChI=1S/C28H35N3O7S/c1-4-17-38-22-9-5-20(6-10-22)25-24(26(32)21-7-11-23(12-8-21)39(35,36)29(2)3)27(33)28(34)31(25)14-13-30-15-18-37-19-16-30/h5-12,25,32H,4,13-19H2,1-3H3/t25-/m1/s1. The number of rotatable bonds is 10. The summed E-state index contributed by atoms with van der Waals surface area (Å²) in [5, 5.41) is 11.3. The van der Waals surface area contributed by atoms with Gasteiger partial charge in [0.25, 0.3) is 11.7 Å². The van der Waals surface area contributed by atoms with Gasteiger partial charge in [0, 0.05) is 45.8 Å². The molecule has 2 aromatic rings. The van der Waals surface area contributed by atoms with Crippen LogP contribution in [0.5, 0.6) is 5.75 Å². The molecule has 0 aromatic heterocycles. The first-order valence-corrected chi connectivity index (χ1v) is 14.4. The van der Waals surface area contributed by atoms with Gasteiger partial charge < -0.3 is 19.5 Å². The fourth-order valence-corrected chi connectivity index (χ4v) is 5.55. The molecule has 2 heterocycles. The molecule has 10 nitrogen and oxygen atoms in total. The van der Waals surface area contributed by atoms with Crippen LogP contribution in [0, 0.1) is 0 Å². The number of likely N-dealkylation sites (tertiary alicyclic amines) is 1. The number of ketones is 1. The smallest absolute Gasteiger partial charge is 0.295 e. The molecular weight excluding hydrogens is 522 g/mol. The molecule has 11 heteroatoms. The fraction of sp³-hybridized carbons (Fsp3) is 0.429. The van der Waals surface area contributed by atoms with Gasteiger partial charge in [0.1, 0.15) is 11.5 Å². The van der Waals surface area contributed by atoms with Crippen LogP contribution in [0.1, 0.15) is 30.5 Å². The topological polar surface area (TPSA) is 117 Å². The van der Waals surface area contributed by atoms with E-state index in [4.69, 9.17) is 9.47 Å². The predicted molar refractivity (Wildman–Crippen MR) is 146 cm³/mol. The average Bonchev–Trinajstić information content (AvgIpc) is 3.20. The Morgan fingerprint density at radius 1 is 1.03 bits per heavy atom. The van der Waals surface area contributed by atoms with E-state index in [0.717, 1.165) is 23.8 Å². The summed E-state index contributed by atoms with van der Waals surface area (Å²) in [5.74, 6) is -1.15. The van der Waals surface area contributed by atoms with Gasteiger partial charge in [-0.25, -0.2) is 12.7 Å². The van der Waals surface area contributed by atoms with Crippen molar-refractivity contribution in [1.29, 1.82) is 0 Å². The van der Waals surface area contributed by atoms with E-state index in [0.29, 0.717) is 44.2 Å². The van der Waals surface area contributed by atoms with Crippen LogP contribution in [0.3, 0.4) is 0 Å². The van der Waals surface area contributed by atoms with Gasteiger partial charge in [-0.2, -0.15) is 0 Å². The van der Waals surface area contributed by atoms with Gasteiger partial charge in [0.2, 0.25) is 10.0 Å². The molecule has 1 amide bonds. The SMILES string of the molecule is CCCOc1ccc([C@@H]2C(=C(O)c3ccc(S(=O)(=O)N(C)C)cc3)C(=O)C(=O)N2CCN2CCOCC2)cc1. The number of hydrogen-bond acceptors (Lipinski definition) is 8. The van der Waals surface area contributed by atoms with Crippen molar-refractivity contribution in [2.45, 2.75) is 24.3 Å². The summed E-state index contributed by atoms with van der Waals surface area (Å²) in [6, 6.07) is 12.0. The van der Waals surface area contributed by atoms with E-state index in [2.05, 4.69) is 4.90 Å². The lowest BCUT2D eigenvalue weighted by Crippen LogP contribution is -2.42. The van der Waals surface area contributed by atoms with Crippen LogP contribution in [0.25, 0.3) is 5.76 Å². The number of Topliss-reactive ketones (excluding diaryl/α,β-unsaturated/α-hetero) is 1. The van der Waals surface area contributed by atoms with E-state index >= 15 is 0 Å². The Morgan fingerprint density at radius 3 is 2.26 bits per heavy atom. The highest BCUT2D eigenvalue weighted by Gasteiger charge is 2.46. The lowest BCUT2D eigenvalue weighted by molar-refractivity contribution is -0.140. The average molecular weight is 558 g/mol. The number of carbonyl (C=O) groups excluding carboxylic acids is 2. The van der Waals surface area contributed by atoms with Crippen LogP contribution in [0.4, 0.5) is 0 Å². The van der Waals surface area contributed by atoms with Gasteiger partial charge in [0.05, 0.1) is 36.3 Å². The predicted octanol–water partition coefficient (Wildman–Crippen LogP) is 2.48. The highest BCUT2D eigenvalue weighted by molar-refractivity contribution is 7.89. The molecule has 0 aliphatic carbocycles. The fourth-order valence-electron chi connectivity index (χ4n) is 4.65. The van der Waals surface area contributed by atoms with Crippen molar-refractivity contribution >= 4 is 27.5 Å². The zero-order chi connectivity index (χ0) is 28.2. The zero-order valence-electron chi connectivity index (χ0n) is 22.5. The van der Waals surface area contributed by atoms with E-state index in [1.807, 2.05) is 6.92 Å². The maximum atomic E-state index is 13.3. The monoisotopic (exact) mass is 557 g/mol. The Bertz CT molecular complexity index is 1320. The molecule has 2 saturated heterocycles. The number of amides is 1. The van der Waals surface area contributed by atoms with Crippen molar-refractivity contribution < 1.29 is 32.6 Å². The highest BCUT2D eigenvalue weighted by atomic mass is 32.2. The second kappa shape index (κ2) is 12.3. The third-order valence-electron chi connectivity index (χ3n) is 6.88. The van der Waals surface area contributed by atoms with Crippen molar-refractivity contribution in [3.05, 3.63) is 65.2 Å². The molecule has 2 aliphatic heterocycles. The molecule has 2 aromatic carbocycles. The van der Waals surface area contributed by atoms with E-state index in [1.54, 1.807) is 24.3 Å². The molecular formula is C28H35N3O7S. The van der Waals surface area contributed by atoms with Crippen LogP contribution >= 0.6 is 0 Å². The van der Waals surface area contributed by atoms with Crippen LogP contribution in [0.15, 0.2) is 59.0 Å². The number of aliphatic hydroxyl groups excluding tert-OH is 1. The van der Waals surface area contributed by atoms with Crippen molar-refractivity contribution in [2.24, 2.45) is 0 Å². The molecule has 0 bridgehead atoms. The maximum absolute atomic E-state index is 13.3.